The van der Waals surface area contributed by atoms with Gasteiger partial charge in [-0.2, -0.15) is 0 Å². The summed E-state index contributed by atoms with van der Waals surface area (Å²) >= 11 is 7.06. The zero-order valence-electron chi connectivity index (χ0n) is 17.1. The third-order valence-corrected chi connectivity index (χ3v) is 7.22. The first-order valence-electron chi connectivity index (χ1n) is 10.3. The highest BCUT2D eigenvalue weighted by molar-refractivity contribution is 9.10. The van der Waals surface area contributed by atoms with Crippen molar-refractivity contribution < 1.29 is 14.3 Å². The molecule has 0 bridgehead atoms. The van der Waals surface area contributed by atoms with Gasteiger partial charge in [0, 0.05) is 26.2 Å². The Hall–Kier alpha value is -2.24. The molecule has 0 aromatic heterocycles. The van der Waals surface area contributed by atoms with Crippen LogP contribution in [0.15, 0.2) is 87.8 Å². The Bertz CT molecular complexity index is 1030. The maximum atomic E-state index is 13.1. The van der Waals surface area contributed by atoms with Gasteiger partial charge >= 0.3 is 5.97 Å². The second-order valence-electron chi connectivity index (χ2n) is 7.77. The predicted octanol–water partition coefficient (Wildman–Crippen LogP) is 6.43. The Balaban J connectivity index is 1.88. The standard InChI is InChI=1S/C26H22Br2O3/c1-2-31-25(30)24(29)22-16-26(18-8-12-20(27)13-9-18,19-10-14-21(28)15-11-19)23(22)17-6-4-3-5-7-17/h3-15,22-23H,2,16H2,1H3/t22-,23+/m1/s1. The zero-order valence-corrected chi connectivity index (χ0v) is 20.2. The summed E-state index contributed by atoms with van der Waals surface area (Å²) in [4.78, 5) is 25.4. The number of hydrogen-bond donors (Lipinski definition) is 0. The molecular weight excluding hydrogens is 520 g/mol. The molecule has 1 fully saturated rings. The lowest BCUT2D eigenvalue weighted by Crippen LogP contribution is -2.54. The van der Waals surface area contributed by atoms with E-state index in [1.54, 1.807) is 6.92 Å². The highest BCUT2D eigenvalue weighted by atomic mass is 79.9. The van der Waals surface area contributed by atoms with Gasteiger partial charge in [0.25, 0.3) is 0 Å². The summed E-state index contributed by atoms with van der Waals surface area (Å²) in [7, 11) is 0. The van der Waals surface area contributed by atoms with Gasteiger partial charge in [0.2, 0.25) is 5.78 Å². The van der Waals surface area contributed by atoms with E-state index >= 15 is 0 Å². The van der Waals surface area contributed by atoms with Gasteiger partial charge in [-0.15, -0.1) is 0 Å². The van der Waals surface area contributed by atoms with Crippen LogP contribution in [0.25, 0.3) is 0 Å². The van der Waals surface area contributed by atoms with Crippen LogP contribution in [0.5, 0.6) is 0 Å². The number of carbonyl (C=O) groups is 2. The molecule has 5 heteroatoms. The van der Waals surface area contributed by atoms with Gasteiger partial charge in [-0.05, 0) is 54.3 Å². The van der Waals surface area contributed by atoms with Crippen molar-refractivity contribution >= 4 is 43.6 Å². The second kappa shape index (κ2) is 9.09. The van der Waals surface area contributed by atoms with Crippen molar-refractivity contribution in [3.05, 3.63) is 104 Å². The quantitative estimate of drug-likeness (QED) is 0.266. The minimum Gasteiger partial charge on any atom is -0.460 e. The largest absolute Gasteiger partial charge is 0.460 e. The summed E-state index contributed by atoms with van der Waals surface area (Å²) in [5.41, 5.74) is 2.87. The maximum absolute atomic E-state index is 13.1. The average Bonchev–Trinajstić information content (AvgIpc) is 2.76. The van der Waals surface area contributed by atoms with Gasteiger partial charge in [-0.3, -0.25) is 4.79 Å². The van der Waals surface area contributed by atoms with Gasteiger partial charge in [-0.25, -0.2) is 4.79 Å². The van der Waals surface area contributed by atoms with Crippen LogP contribution in [0, 0.1) is 5.92 Å². The first-order chi connectivity index (χ1) is 15.0. The lowest BCUT2D eigenvalue weighted by molar-refractivity contribution is -0.158. The molecule has 0 heterocycles. The topological polar surface area (TPSA) is 43.4 Å². The van der Waals surface area contributed by atoms with Crippen LogP contribution in [-0.4, -0.2) is 18.4 Å². The number of benzene rings is 3. The van der Waals surface area contributed by atoms with E-state index in [0.29, 0.717) is 6.42 Å². The van der Waals surface area contributed by atoms with E-state index in [4.69, 9.17) is 4.74 Å². The molecule has 31 heavy (non-hydrogen) atoms. The molecule has 0 aliphatic heterocycles. The molecule has 0 saturated heterocycles. The highest BCUT2D eigenvalue weighted by Crippen LogP contribution is 2.62. The van der Waals surface area contributed by atoms with Crippen LogP contribution in [0.3, 0.4) is 0 Å². The molecule has 158 valence electrons. The van der Waals surface area contributed by atoms with Crippen molar-refractivity contribution in [3.63, 3.8) is 0 Å². The zero-order chi connectivity index (χ0) is 22.0. The predicted molar refractivity (Wildman–Crippen MR) is 128 cm³/mol. The Kier molecular flexibility index (Phi) is 6.44. The first kappa shape index (κ1) is 22.0. The summed E-state index contributed by atoms with van der Waals surface area (Å²) in [6.07, 6.45) is 0.549. The van der Waals surface area contributed by atoms with Crippen LogP contribution >= 0.6 is 31.9 Å². The number of Topliss-reactive ketones (excluding diaryl/α,β-unsaturated/α-hetero) is 1. The minimum absolute atomic E-state index is 0.173. The van der Waals surface area contributed by atoms with Gasteiger partial charge < -0.3 is 4.74 Å². The van der Waals surface area contributed by atoms with Crippen LogP contribution in [0.4, 0.5) is 0 Å². The molecule has 0 N–H and O–H groups in total. The van der Waals surface area contributed by atoms with E-state index in [-0.39, 0.29) is 12.5 Å². The number of carbonyl (C=O) groups excluding carboxylic acids is 2. The van der Waals surface area contributed by atoms with Gasteiger partial charge in [0.1, 0.15) is 0 Å². The minimum atomic E-state index is -0.742. The first-order valence-corrected chi connectivity index (χ1v) is 11.8. The van der Waals surface area contributed by atoms with Crippen molar-refractivity contribution in [3.8, 4) is 0 Å². The summed E-state index contributed by atoms with van der Waals surface area (Å²) in [6.45, 7) is 1.91. The van der Waals surface area contributed by atoms with Crippen molar-refractivity contribution in [1.82, 2.24) is 0 Å². The van der Waals surface area contributed by atoms with E-state index in [1.807, 2.05) is 54.6 Å². The van der Waals surface area contributed by atoms with Crippen LogP contribution < -0.4 is 0 Å². The lowest BCUT2D eigenvalue weighted by Gasteiger charge is -2.55. The highest BCUT2D eigenvalue weighted by Gasteiger charge is 2.59. The monoisotopic (exact) mass is 540 g/mol. The third-order valence-electron chi connectivity index (χ3n) is 6.17. The number of esters is 1. The number of ketones is 1. The Morgan fingerprint density at radius 1 is 0.871 bits per heavy atom. The van der Waals surface area contributed by atoms with E-state index in [2.05, 4.69) is 56.1 Å². The van der Waals surface area contributed by atoms with Crippen molar-refractivity contribution in [2.24, 2.45) is 5.92 Å². The maximum Gasteiger partial charge on any atom is 0.374 e. The Morgan fingerprint density at radius 2 is 1.39 bits per heavy atom. The molecule has 2 atom stereocenters. The molecule has 1 aliphatic carbocycles. The van der Waals surface area contributed by atoms with E-state index in [1.165, 1.54) is 0 Å². The van der Waals surface area contributed by atoms with Gasteiger partial charge in [0.05, 0.1) is 6.61 Å². The third kappa shape index (κ3) is 4.01. The van der Waals surface area contributed by atoms with E-state index in [9.17, 15) is 9.59 Å². The molecule has 1 saturated carbocycles. The molecule has 0 spiro atoms. The van der Waals surface area contributed by atoms with E-state index < -0.39 is 23.1 Å². The SMILES string of the molecule is CCOC(=O)C(=O)[C@@H]1CC(c2ccc(Br)cc2)(c2ccc(Br)cc2)[C@H]1c1ccccc1. The molecule has 3 aromatic carbocycles. The van der Waals surface area contributed by atoms with Crippen molar-refractivity contribution in [2.45, 2.75) is 24.7 Å². The normalized spacial score (nSPS) is 19.3. The Labute approximate surface area is 199 Å². The fourth-order valence-corrected chi connectivity index (χ4v) is 5.33. The number of hydrogen-bond acceptors (Lipinski definition) is 3. The molecule has 1 aliphatic rings. The number of ether oxygens (including phenoxy) is 1. The van der Waals surface area contributed by atoms with Crippen LogP contribution in [0.1, 0.15) is 36.0 Å². The molecule has 4 rings (SSSR count). The fraction of sp³-hybridized carbons (Fsp3) is 0.231. The van der Waals surface area contributed by atoms with E-state index in [0.717, 1.165) is 25.6 Å². The van der Waals surface area contributed by atoms with Gasteiger partial charge in [0.15, 0.2) is 0 Å². The molecule has 0 radical (unpaired) electrons. The molecular formula is C26H22Br2O3. The molecule has 3 aromatic rings. The summed E-state index contributed by atoms with van der Waals surface area (Å²) in [5.74, 6) is -1.80. The number of rotatable bonds is 6. The number of halogens is 2. The van der Waals surface area contributed by atoms with Gasteiger partial charge in [-0.1, -0.05) is 86.5 Å². The molecule has 0 amide bonds. The van der Waals surface area contributed by atoms with Crippen molar-refractivity contribution in [1.29, 1.82) is 0 Å². The average molecular weight is 542 g/mol. The lowest BCUT2D eigenvalue weighted by atomic mass is 9.46. The summed E-state index contributed by atoms with van der Waals surface area (Å²) < 4.78 is 7.05. The fourth-order valence-electron chi connectivity index (χ4n) is 4.81. The molecule has 3 nitrogen and oxygen atoms in total. The second-order valence-corrected chi connectivity index (χ2v) is 9.60. The van der Waals surface area contributed by atoms with Crippen LogP contribution in [0.2, 0.25) is 0 Å². The summed E-state index contributed by atoms with van der Waals surface area (Å²) in [5, 5.41) is 0. The van der Waals surface area contributed by atoms with Crippen LogP contribution in [-0.2, 0) is 19.7 Å². The van der Waals surface area contributed by atoms with Crippen molar-refractivity contribution in [2.75, 3.05) is 6.61 Å². The molecule has 0 unspecified atom stereocenters. The smallest absolute Gasteiger partial charge is 0.374 e. The summed E-state index contributed by atoms with van der Waals surface area (Å²) in [6, 6.07) is 26.5. The Morgan fingerprint density at radius 3 is 1.87 bits per heavy atom.